The zero-order chi connectivity index (χ0) is 15.2. The number of benzene rings is 1. The molecule has 0 bridgehead atoms. The van der Waals surface area contributed by atoms with E-state index in [-0.39, 0.29) is 5.82 Å². The van der Waals surface area contributed by atoms with Crippen molar-refractivity contribution >= 4 is 22.6 Å². The molecule has 21 heavy (non-hydrogen) atoms. The van der Waals surface area contributed by atoms with Gasteiger partial charge in [-0.25, -0.2) is 9.37 Å². The third kappa shape index (κ3) is 3.57. The average molecular weight is 311 g/mol. The fraction of sp³-hybridized carbons (Fsp3) is 0.588. The van der Waals surface area contributed by atoms with E-state index in [1.165, 1.54) is 18.9 Å². The van der Waals surface area contributed by atoms with Crippen LogP contribution in [0.25, 0.3) is 11.0 Å². The van der Waals surface area contributed by atoms with Crippen LogP contribution in [-0.4, -0.2) is 15.4 Å². The molecule has 1 unspecified atom stereocenters. The second-order valence-electron chi connectivity index (χ2n) is 5.53. The summed E-state index contributed by atoms with van der Waals surface area (Å²) >= 11 is 5.91. The van der Waals surface area contributed by atoms with E-state index in [1.807, 2.05) is 6.07 Å². The van der Waals surface area contributed by atoms with E-state index < -0.39 is 0 Å². The van der Waals surface area contributed by atoms with Crippen LogP contribution in [0.3, 0.4) is 0 Å². The number of aryl methyl sites for hydroxylation is 1. The lowest BCUT2D eigenvalue weighted by atomic mass is 10.0. The number of unbranched alkanes of at least 4 members (excludes halogenated alkanes) is 1. The van der Waals surface area contributed by atoms with Crippen LogP contribution < -0.4 is 0 Å². The minimum Gasteiger partial charge on any atom is -0.325 e. The highest BCUT2D eigenvalue weighted by Crippen LogP contribution is 2.29. The van der Waals surface area contributed by atoms with E-state index in [9.17, 15) is 4.39 Å². The number of nitrogens with zero attached hydrogens (tertiary/aromatic N) is 2. The molecule has 1 atom stereocenters. The van der Waals surface area contributed by atoms with Crippen LogP contribution in [-0.2, 0) is 6.42 Å². The van der Waals surface area contributed by atoms with Crippen molar-refractivity contribution in [1.82, 2.24) is 9.55 Å². The molecule has 2 aromatic rings. The zero-order valence-corrected chi connectivity index (χ0v) is 13.7. The molecule has 4 heteroatoms. The van der Waals surface area contributed by atoms with Gasteiger partial charge in [0.25, 0.3) is 0 Å². The van der Waals surface area contributed by atoms with Gasteiger partial charge in [-0.15, -0.1) is 11.6 Å². The fourth-order valence-electron chi connectivity index (χ4n) is 2.97. The van der Waals surface area contributed by atoms with Gasteiger partial charge in [0.15, 0.2) is 5.82 Å². The summed E-state index contributed by atoms with van der Waals surface area (Å²) in [6.07, 6.45) is 6.36. The molecule has 116 valence electrons. The van der Waals surface area contributed by atoms with Crippen molar-refractivity contribution in [2.75, 3.05) is 5.88 Å². The summed E-state index contributed by atoms with van der Waals surface area (Å²) < 4.78 is 16.2. The van der Waals surface area contributed by atoms with Gasteiger partial charge in [-0.3, -0.25) is 0 Å². The second-order valence-corrected chi connectivity index (χ2v) is 5.91. The Morgan fingerprint density at radius 3 is 2.71 bits per heavy atom. The quantitative estimate of drug-likeness (QED) is 0.590. The molecule has 0 N–H and O–H groups in total. The Hall–Kier alpha value is -1.09. The van der Waals surface area contributed by atoms with E-state index in [2.05, 4.69) is 23.4 Å². The van der Waals surface area contributed by atoms with Crippen LogP contribution in [0.4, 0.5) is 4.39 Å². The normalized spacial score (nSPS) is 13.0. The lowest BCUT2D eigenvalue weighted by Crippen LogP contribution is -2.13. The highest BCUT2D eigenvalue weighted by Gasteiger charge is 2.19. The highest BCUT2D eigenvalue weighted by molar-refractivity contribution is 6.17. The summed E-state index contributed by atoms with van der Waals surface area (Å²) in [5.41, 5.74) is 1.39. The van der Waals surface area contributed by atoms with Gasteiger partial charge in [0.05, 0.1) is 5.52 Å². The first-order valence-corrected chi connectivity index (χ1v) is 8.47. The van der Waals surface area contributed by atoms with Crippen molar-refractivity contribution in [1.29, 1.82) is 0 Å². The number of para-hydroxylation sites is 1. The molecular formula is C17H24ClFN2. The fourth-order valence-corrected chi connectivity index (χ4v) is 3.14. The van der Waals surface area contributed by atoms with Crippen molar-refractivity contribution in [2.24, 2.45) is 0 Å². The van der Waals surface area contributed by atoms with Gasteiger partial charge >= 0.3 is 0 Å². The van der Waals surface area contributed by atoms with Crippen LogP contribution in [0.15, 0.2) is 18.2 Å². The van der Waals surface area contributed by atoms with Crippen LogP contribution in [0.5, 0.6) is 0 Å². The van der Waals surface area contributed by atoms with Crippen molar-refractivity contribution in [3.8, 4) is 0 Å². The van der Waals surface area contributed by atoms with Crippen molar-refractivity contribution in [3.05, 3.63) is 29.8 Å². The molecule has 1 heterocycles. The Morgan fingerprint density at radius 2 is 2.05 bits per heavy atom. The zero-order valence-electron chi connectivity index (χ0n) is 12.9. The van der Waals surface area contributed by atoms with Gasteiger partial charge < -0.3 is 4.57 Å². The lowest BCUT2D eigenvalue weighted by Gasteiger charge is -2.21. The number of imidazole rings is 1. The number of alkyl halides is 1. The number of rotatable bonds is 8. The molecule has 1 aromatic heterocycles. The summed E-state index contributed by atoms with van der Waals surface area (Å²) in [4.78, 5) is 4.52. The van der Waals surface area contributed by atoms with Crippen LogP contribution in [0.1, 0.15) is 57.8 Å². The number of fused-ring (bicyclic) bond motifs is 1. The molecule has 0 saturated heterocycles. The molecule has 0 radical (unpaired) electrons. The maximum Gasteiger partial charge on any atom is 0.151 e. The van der Waals surface area contributed by atoms with E-state index >= 15 is 0 Å². The molecule has 0 fully saturated rings. The van der Waals surface area contributed by atoms with Gasteiger partial charge in [0.1, 0.15) is 11.3 Å². The van der Waals surface area contributed by atoms with Gasteiger partial charge in [0, 0.05) is 18.3 Å². The average Bonchev–Trinajstić information content (AvgIpc) is 2.84. The third-order valence-corrected chi connectivity index (χ3v) is 4.13. The molecule has 1 aromatic carbocycles. The first-order valence-electron chi connectivity index (χ1n) is 7.94. The van der Waals surface area contributed by atoms with Gasteiger partial charge in [-0.2, -0.15) is 0 Å². The number of hydrogen-bond donors (Lipinski definition) is 0. The van der Waals surface area contributed by atoms with Crippen molar-refractivity contribution in [3.63, 3.8) is 0 Å². The van der Waals surface area contributed by atoms with Crippen molar-refractivity contribution < 1.29 is 4.39 Å². The minimum absolute atomic E-state index is 0.243. The van der Waals surface area contributed by atoms with Crippen LogP contribution in [0, 0.1) is 5.82 Å². The molecular weight excluding hydrogens is 287 g/mol. The Balaban J connectivity index is 2.51. The molecule has 0 spiro atoms. The molecule has 0 aliphatic carbocycles. The standard InChI is InChI=1S/C17H24ClFN2/c1-3-5-8-13(7-4-2)21-15-10-6-9-14(19)17(15)20-16(21)11-12-18/h6,9-10,13H,3-5,7-8,11-12H2,1-2H3. The predicted octanol–water partition coefficient (Wildman–Crippen LogP) is 5.49. The topological polar surface area (TPSA) is 17.8 Å². The number of aromatic nitrogens is 2. The van der Waals surface area contributed by atoms with Gasteiger partial charge in [-0.05, 0) is 25.0 Å². The molecule has 2 rings (SSSR count). The van der Waals surface area contributed by atoms with Crippen LogP contribution >= 0.6 is 11.6 Å². The number of halogens is 2. The maximum absolute atomic E-state index is 14.0. The molecule has 2 nitrogen and oxygen atoms in total. The predicted molar refractivity (Wildman–Crippen MR) is 87.6 cm³/mol. The van der Waals surface area contributed by atoms with E-state index in [0.717, 1.165) is 30.6 Å². The smallest absolute Gasteiger partial charge is 0.151 e. The van der Waals surface area contributed by atoms with E-state index in [0.29, 0.717) is 23.9 Å². The molecule has 0 aliphatic heterocycles. The first-order chi connectivity index (χ1) is 10.2. The second kappa shape index (κ2) is 7.79. The van der Waals surface area contributed by atoms with Crippen LogP contribution in [0.2, 0.25) is 0 Å². The summed E-state index contributed by atoms with van der Waals surface area (Å²) in [6, 6.07) is 5.60. The summed E-state index contributed by atoms with van der Waals surface area (Å²) in [7, 11) is 0. The molecule has 0 saturated carbocycles. The monoisotopic (exact) mass is 310 g/mol. The van der Waals surface area contributed by atoms with E-state index in [4.69, 9.17) is 11.6 Å². The Kier molecular flexibility index (Phi) is 6.04. The maximum atomic E-state index is 14.0. The van der Waals surface area contributed by atoms with Crippen molar-refractivity contribution in [2.45, 2.75) is 58.4 Å². The minimum atomic E-state index is -0.243. The van der Waals surface area contributed by atoms with Gasteiger partial charge in [0.2, 0.25) is 0 Å². The summed E-state index contributed by atoms with van der Waals surface area (Å²) in [5, 5.41) is 0. The number of hydrogen-bond acceptors (Lipinski definition) is 1. The Bertz CT molecular complexity index is 579. The molecule has 0 aliphatic rings. The SMILES string of the molecule is CCCCC(CCC)n1c(CCCl)nc2c(F)cccc21. The summed E-state index contributed by atoms with van der Waals surface area (Å²) in [5.74, 6) is 1.19. The van der Waals surface area contributed by atoms with Gasteiger partial charge in [-0.1, -0.05) is 39.2 Å². The van der Waals surface area contributed by atoms with E-state index in [1.54, 1.807) is 6.07 Å². The summed E-state index contributed by atoms with van der Waals surface area (Å²) in [6.45, 7) is 4.40. The lowest BCUT2D eigenvalue weighted by molar-refractivity contribution is 0.415. The molecule has 0 amide bonds. The largest absolute Gasteiger partial charge is 0.325 e. The Morgan fingerprint density at radius 1 is 1.24 bits per heavy atom. The Labute approximate surface area is 131 Å². The first kappa shape index (κ1) is 16.3. The third-order valence-electron chi connectivity index (χ3n) is 3.94. The highest BCUT2D eigenvalue weighted by atomic mass is 35.5.